The number of nitrogens with zero attached hydrogens (tertiary/aromatic N) is 5. The smallest absolute Gasteiger partial charge is 0.419 e. The number of pyridine rings is 1. The molecule has 2 aromatic rings. The number of halogens is 3. The van der Waals surface area contributed by atoms with Crippen molar-refractivity contribution in [2.45, 2.75) is 57.6 Å². The number of ether oxygens (including phenoxy) is 2. The van der Waals surface area contributed by atoms with Crippen LogP contribution in [-0.2, 0) is 22.2 Å². The topological polar surface area (TPSA) is 89.8 Å². The molecule has 2 aliphatic heterocycles. The van der Waals surface area contributed by atoms with Gasteiger partial charge < -0.3 is 19.3 Å². The zero-order valence-electron chi connectivity index (χ0n) is 19.3. The first kappa shape index (κ1) is 24.0. The molecule has 0 spiro atoms. The monoisotopic (exact) mass is 481 g/mol. The molecule has 1 saturated heterocycles. The fraction of sp³-hybridized carbons (Fsp3) is 0.545. The van der Waals surface area contributed by atoms with E-state index in [1.807, 2.05) is 0 Å². The van der Waals surface area contributed by atoms with Gasteiger partial charge in [-0.3, -0.25) is 4.79 Å². The molecular formula is C22H26F3N5O4. The molecular weight excluding hydrogens is 455 g/mol. The zero-order chi connectivity index (χ0) is 24.8. The Labute approximate surface area is 194 Å². The first-order valence-electron chi connectivity index (χ1n) is 10.8. The van der Waals surface area contributed by atoms with E-state index in [1.54, 1.807) is 43.7 Å². The van der Waals surface area contributed by atoms with Crippen molar-refractivity contribution in [2.75, 3.05) is 20.3 Å². The Balaban J connectivity index is 1.53. The van der Waals surface area contributed by atoms with Crippen LogP contribution >= 0.6 is 0 Å². The molecule has 2 aliphatic rings. The zero-order valence-corrected chi connectivity index (χ0v) is 19.3. The Morgan fingerprint density at radius 1 is 1.24 bits per heavy atom. The van der Waals surface area contributed by atoms with Gasteiger partial charge in [-0.05, 0) is 33.3 Å². The lowest BCUT2D eigenvalue weighted by atomic mass is 10.1. The third kappa shape index (κ3) is 4.72. The summed E-state index contributed by atoms with van der Waals surface area (Å²) in [6.45, 7) is 6.22. The fourth-order valence-corrected chi connectivity index (χ4v) is 4.21. The molecule has 0 aliphatic carbocycles. The number of alkyl halides is 3. The largest absolute Gasteiger partial charge is 0.444 e. The van der Waals surface area contributed by atoms with E-state index in [0.717, 1.165) is 10.9 Å². The number of likely N-dealkylation sites (tertiary alicyclic amines) is 1. The van der Waals surface area contributed by atoms with E-state index >= 15 is 0 Å². The van der Waals surface area contributed by atoms with E-state index in [1.165, 1.54) is 6.07 Å². The van der Waals surface area contributed by atoms with Crippen LogP contribution in [0.15, 0.2) is 24.5 Å². The summed E-state index contributed by atoms with van der Waals surface area (Å²) in [7, 11) is 1.54. The molecule has 2 atom stereocenters. The minimum Gasteiger partial charge on any atom is -0.444 e. The second-order valence-corrected chi connectivity index (χ2v) is 9.41. The Bertz CT molecular complexity index is 1090. The summed E-state index contributed by atoms with van der Waals surface area (Å²) in [5.41, 5.74) is -0.734. The molecule has 34 heavy (non-hydrogen) atoms. The highest BCUT2D eigenvalue weighted by atomic mass is 19.4. The molecule has 4 heterocycles. The van der Waals surface area contributed by atoms with Gasteiger partial charge in [0.25, 0.3) is 5.91 Å². The van der Waals surface area contributed by atoms with E-state index in [4.69, 9.17) is 9.47 Å². The van der Waals surface area contributed by atoms with Crippen LogP contribution in [0.4, 0.5) is 18.0 Å². The van der Waals surface area contributed by atoms with Crippen molar-refractivity contribution in [3.8, 4) is 5.82 Å². The normalized spacial score (nSPS) is 20.7. The lowest BCUT2D eigenvalue weighted by Gasteiger charge is -2.28. The predicted octanol–water partition coefficient (Wildman–Crippen LogP) is 3.27. The van der Waals surface area contributed by atoms with Gasteiger partial charge in [-0.25, -0.2) is 14.5 Å². The average molecular weight is 481 g/mol. The minimum absolute atomic E-state index is 0.114. The Morgan fingerprint density at radius 3 is 2.59 bits per heavy atom. The lowest BCUT2D eigenvalue weighted by Crippen LogP contribution is -2.43. The molecule has 2 aromatic heterocycles. The molecule has 0 radical (unpaired) electrons. The van der Waals surface area contributed by atoms with Crippen LogP contribution in [0.5, 0.6) is 0 Å². The van der Waals surface area contributed by atoms with Gasteiger partial charge in [0.2, 0.25) is 0 Å². The summed E-state index contributed by atoms with van der Waals surface area (Å²) in [4.78, 5) is 33.4. The first-order valence-corrected chi connectivity index (χ1v) is 10.8. The van der Waals surface area contributed by atoms with Crippen molar-refractivity contribution in [1.29, 1.82) is 0 Å². The van der Waals surface area contributed by atoms with Crippen LogP contribution in [-0.4, -0.2) is 74.5 Å². The summed E-state index contributed by atoms with van der Waals surface area (Å²) in [6.07, 6.45) is -2.95. The van der Waals surface area contributed by atoms with Crippen LogP contribution in [0, 0.1) is 0 Å². The quantitative estimate of drug-likeness (QED) is 0.666. The highest BCUT2D eigenvalue weighted by molar-refractivity contribution is 5.97. The maximum absolute atomic E-state index is 13.2. The van der Waals surface area contributed by atoms with Crippen LogP contribution in [0.25, 0.3) is 5.82 Å². The van der Waals surface area contributed by atoms with Crippen molar-refractivity contribution in [1.82, 2.24) is 24.6 Å². The number of aromatic nitrogens is 3. The van der Waals surface area contributed by atoms with E-state index in [9.17, 15) is 22.8 Å². The summed E-state index contributed by atoms with van der Waals surface area (Å²) >= 11 is 0. The molecule has 0 bridgehead atoms. The molecule has 0 saturated carbocycles. The second-order valence-electron chi connectivity index (χ2n) is 9.41. The Morgan fingerprint density at radius 2 is 1.97 bits per heavy atom. The maximum atomic E-state index is 13.2. The standard InChI is InChI=1S/C22H26F3N5O4/c1-21(2,3)34-20(32)29-11-15(7-16(29)12-33-4)28-9-13-5-6-17(27-18(13)19(28)31)30-10-14(8-26-30)22(23,24)25/h5-6,8,10,15-16H,7,9,11-12H2,1-4H3/t15-,16+/m1/s1. The highest BCUT2D eigenvalue weighted by Gasteiger charge is 2.44. The van der Waals surface area contributed by atoms with Crippen LogP contribution in [0.3, 0.4) is 0 Å². The molecule has 2 amide bonds. The Kier molecular flexibility index (Phi) is 6.05. The number of hydrogen-bond donors (Lipinski definition) is 0. The number of methoxy groups -OCH3 is 1. The third-order valence-corrected chi connectivity index (χ3v) is 5.73. The van der Waals surface area contributed by atoms with Crippen molar-refractivity contribution >= 4 is 12.0 Å². The predicted molar refractivity (Wildman–Crippen MR) is 113 cm³/mol. The number of amides is 2. The number of hydrogen-bond acceptors (Lipinski definition) is 6. The molecule has 12 heteroatoms. The van der Waals surface area contributed by atoms with Gasteiger partial charge in [-0.2, -0.15) is 18.3 Å². The number of carbonyl (C=O) groups is 2. The van der Waals surface area contributed by atoms with Crippen molar-refractivity contribution in [3.05, 3.63) is 41.3 Å². The highest BCUT2D eigenvalue weighted by Crippen LogP contribution is 2.32. The fourth-order valence-electron chi connectivity index (χ4n) is 4.21. The van der Waals surface area contributed by atoms with Crippen molar-refractivity contribution < 1.29 is 32.2 Å². The van der Waals surface area contributed by atoms with Gasteiger partial charge in [-0.15, -0.1) is 0 Å². The van der Waals surface area contributed by atoms with Gasteiger partial charge in [0.1, 0.15) is 11.3 Å². The average Bonchev–Trinajstić information content (AvgIpc) is 3.44. The van der Waals surface area contributed by atoms with E-state index in [2.05, 4.69) is 10.1 Å². The van der Waals surface area contributed by atoms with E-state index in [-0.39, 0.29) is 36.0 Å². The van der Waals surface area contributed by atoms with Crippen molar-refractivity contribution in [2.24, 2.45) is 0 Å². The van der Waals surface area contributed by atoms with Crippen LogP contribution in [0.2, 0.25) is 0 Å². The summed E-state index contributed by atoms with van der Waals surface area (Å²) < 4.78 is 50.5. The molecule has 0 aromatic carbocycles. The second kappa shape index (κ2) is 8.57. The summed E-state index contributed by atoms with van der Waals surface area (Å²) in [6, 6.07) is 2.66. The van der Waals surface area contributed by atoms with Gasteiger partial charge in [0.05, 0.1) is 30.5 Å². The first-order chi connectivity index (χ1) is 15.9. The van der Waals surface area contributed by atoms with Gasteiger partial charge in [0, 0.05) is 32.0 Å². The van der Waals surface area contributed by atoms with Crippen LogP contribution in [0.1, 0.15) is 48.8 Å². The van der Waals surface area contributed by atoms with E-state index < -0.39 is 23.4 Å². The molecule has 1 fully saturated rings. The SMILES string of the molecule is COC[C@@H]1C[C@@H](N2Cc3ccc(-n4cc(C(F)(F)F)cn4)nc3C2=O)CN1C(=O)OC(C)(C)C. The van der Waals surface area contributed by atoms with E-state index in [0.29, 0.717) is 31.3 Å². The molecule has 0 N–H and O–H groups in total. The Hall–Kier alpha value is -3.15. The van der Waals surface area contributed by atoms with Gasteiger partial charge >= 0.3 is 12.3 Å². The molecule has 184 valence electrons. The number of rotatable bonds is 4. The summed E-state index contributed by atoms with van der Waals surface area (Å²) in [5.74, 6) is -0.226. The van der Waals surface area contributed by atoms with Crippen LogP contribution < -0.4 is 0 Å². The van der Waals surface area contributed by atoms with Gasteiger partial charge in [-0.1, -0.05) is 6.07 Å². The summed E-state index contributed by atoms with van der Waals surface area (Å²) in [5, 5.41) is 3.73. The number of carbonyl (C=O) groups excluding carboxylic acids is 2. The molecule has 4 rings (SSSR count). The third-order valence-electron chi connectivity index (χ3n) is 5.73. The maximum Gasteiger partial charge on any atom is 0.419 e. The molecule has 9 nitrogen and oxygen atoms in total. The van der Waals surface area contributed by atoms with Crippen molar-refractivity contribution in [3.63, 3.8) is 0 Å². The lowest BCUT2D eigenvalue weighted by molar-refractivity contribution is -0.137. The molecule has 0 unspecified atom stereocenters. The minimum atomic E-state index is -4.52. The van der Waals surface area contributed by atoms with Gasteiger partial charge in [0.15, 0.2) is 5.82 Å². The number of fused-ring (bicyclic) bond motifs is 1.